The summed E-state index contributed by atoms with van der Waals surface area (Å²) in [5, 5.41) is 15.8. The Hall–Kier alpha value is -2.83. The molecule has 1 aromatic carbocycles. The monoisotopic (exact) mass is 343 g/mol. The number of benzene rings is 1. The van der Waals surface area contributed by atoms with Crippen LogP contribution in [-0.2, 0) is 9.63 Å². The number of rotatable bonds is 4. The molecule has 2 aliphatic rings. The molecule has 1 atom stereocenters. The van der Waals surface area contributed by atoms with E-state index in [0.29, 0.717) is 32.5 Å². The highest BCUT2D eigenvalue weighted by Crippen LogP contribution is 2.24. The number of amides is 2. The van der Waals surface area contributed by atoms with Crippen LogP contribution in [0.5, 0.6) is 0 Å². The molecular formula is C18H21N3O4. The second-order valence-corrected chi connectivity index (χ2v) is 6.19. The highest BCUT2D eigenvalue weighted by Gasteiger charge is 2.22. The maximum absolute atomic E-state index is 11.0. The SMILES string of the molecule is CC(=O)NCC1CC(c2ccc(C3=CCN(C(=O)O)CC3)cc2)=NO1. The van der Waals surface area contributed by atoms with Crippen molar-refractivity contribution in [3.63, 3.8) is 0 Å². The summed E-state index contributed by atoms with van der Waals surface area (Å²) in [6, 6.07) is 8.06. The van der Waals surface area contributed by atoms with Gasteiger partial charge in [0.05, 0.1) is 12.3 Å². The maximum Gasteiger partial charge on any atom is 0.407 e. The van der Waals surface area contributed by atoms with Crippen molar-refractivity contribution in [1.29, 1.82) is 0 Å². The average molecular weight is 343 g/mol. The van der Waals surface area contributed by atoms with Crippen LogP contribution < -0.4 is 5.32 Å². The van der Waals surface area contributed by atoms with Gasteiger partial charge in [-0.25, -0.2) is 4.79 Å². The molecule has 1 unspecified atom stereocenters. The van der Waals surface area contributed by atoms with Crippen molar-refractivity contribution in [2.45, 2.75) is 25.9 Å². The van der Waals surface area contributed by atoms with E-state index in [2.05, 4.69) is 10.5 Å². The van der Waals surface area contributed by atoms with E-state index in [4.69, 9.17) is 9.94 Å². The summed E-state index contributed by atoms with van der Waals surface area (Å²) in [7, 11) is 0. The summed E-state index contributed by atoms with van der Waals surface area (Å²) in [5.41, 5.74) is 4.13. The molecule has 0 saturated carbocycles. The summed E-state index contributed by atoms with van der Waals surface area (Å²) in [4.78, 5) is 28.7. The van der Waals surface area contributed by atoms with E-state index in [1.807, 2.05) is 30.3 Å². The van der Waals surface area contributed by atoms with Gasteiger partial charge in [0, 0.05) is 26.4 Å². The van der Waals surface area contributed by atoms with Crippen LogP contribution in [0, 0.1) is 0 Å². The minimum Gasteiger partial charge on any atom is -0.465 e. The third-order valence-electron chi connectivity index (χ3n) is 4.38. The summed E-state index contributed by atoms with van der Waals surface area (Å²) in [6.07, 6.45) is 2.34. The molecule has 0 saturated heterocycles. The van der Waals surface area contributed by atoms with E-state index in [9.17, 15) is 9.59 Å². The van der Waals surface area contributed by atoms with Gasteiger partial charge in [-0.1, -0.05) is 35.5 Å². The highest BCUT2D eigenvalue weighted by molar-refractivity contribution is 6.01. The van der Waals surface area contributed by atoms with Gasteiger partial charge in [-0.2, -0.15) is 0 Å². The first-order valence-electron chi connectivity index (χ1n) is 8.28. The molecule has 0 aromatic heterocycles. The van der Waals surface area contributed by atoms with E-state index >= 15 is 0 Å². The van der Waals surface area contributed by atoms with Crippen molar-refractivity contribution in [3.05, 3.63) is 41.5 Å². The van der Waals surface area contributed by atoms with E-state index in [1.165, 1.54) is 11.8 Å². The first-order valence-corrected chi connectivity index (χ1v) is 8.28. The minimum absolute atomic E-state index is 0.0800. The van der Waals surface area contributed by atoms with Crippen molar-refractivity contribution < 1.29 is 19.5 Å². The first kappa shape index (κ1) is 17.0. The Morgan fingerprint density at radius 3 is 2.64 bits per heavy atom. The zero-order valence-corrected chi connectivity index (χ0v) is 14.1. The Morgan fingerprint density at radius 2 is 2.04 bits per heavy atom. The summed E-state index contributed by atoms with van der Waals surface area (Å²) >= 11 is 0. The second kappa shape index (κ2) is 7.38. The lowest BCUT2D eigenvalue weighted by molar-refractivity contribution is -0.119. The van der Waals surface area contributed by atoms with Crippen LogP contribution in [0.25, 0.3) is 5.57 Å². The summed E-state index contributed by atoms with van der Waals surface area (Å²) in [5.74, 6) is -0.0800. The molecule has 2 N–H and O–H groups in total. The van der Waals surface area contributed by atoms with Gasteiger partial charge in [0.25, 0.3) is 0 Å². The number of nitrogens with zero attached hydrogens (tertiary/aromatic N) is 2. The number of carbonyl (C=O) groups is 2. The van der Waals surface area contributed by atoms with Crippen LogP contribution in [0.4, 0.5) is 4.79 Å². The van der Waals surface area contributed by atoms with Crippen LogP contribution in [-0.4, -0.2) is 53.5 Å². The predicted molar refractivity (Wildman–Crippen MR) is 93.3 cm³/mol. The van der Waals surface area contributed by atoms with Gasteiger partial charge in [-0.05, 0) is 23.1 Å². The minimum atomic E-state index is -0.876. The van der Waals surface area contributed by atoms with Crippen molar-refractivity contribution in [1.82, 2.24) is 10.2 Å². The zero-order chi connectivity index (χ0) is 17.8. The molecule has 132 valence electrons. The van der Waals surface area contributed by atoms with Crippen molar-refractivity contribution in [2.24, 2.45) is 5.16 Å². The fraction of sp³-hybridized carbons (Fsp3) is 0.389. The lowest BCUT2D eigenvalue weighted by Crippen LogP contribution is -2.33. The Bertz CT molecular complexity index is 724. The van der Waals surface area contributed by atoms with E-state index in [-0.39, 0.29) is 12.0 Å². The Labute approximate surface area is 145 Å². The number of oxime groups is 1. The normalized spacial score (nSPS) is 19.7. The number of carboxylic acid groups (broad SMARTS) is 1. The molecule has 2 heterocycles. The fourth-order valence-corrected chi connectivity index (χ4v) is 2.95. The van der Waals surface area contributed by atoms with Crippen LogP contribution >= 0.6 is 0 Å². The van der Waals surface area contributed by atoms with Gasteiger partial charge in [0.1, 0.15) is 6.10 Å². The van der Waals surface area contributed by atoms with E-state index in [1.54, 1.807) is 0 Å². The van der Waals surface area contributed by atoms with Crippen LogP contribution in [0.15, 0.2) is 35.5 Å². The van der Waals surface area contributed by atoms with E-state index in [0.717, 1.165) is 22.4 Å². The number of hydrogen-bond donors (Lipinski definition) is 2. The largest absolute Gasteiger partial charge is 0.465 e. The standard InChI is InChI=1S/C18H21N3O4/c1-12(22)19-11-16-10-17(20-25-16)15-4-2-13(3-5-15)14-6-8-21(9-7-14)18(23)24/h2-6,16H,7-11H2,1H3,(H,19,22)(H,23,24). The molecular weight excluding hydrogens is 322 g/mol. The van der Waals surface area contributed by atoms with Crippen LogP contribution in [0.3, 0.4) is 0 Å². The summed E-state index contributed by atoms with van der Waals surface area (Å²) < 4.78 is 0. The number of nitrogens with one attached hydrogen (secondary N) is 1. The van der Waals surface area contributed by atoms with Gasteiger partial charge < -0.3 is 20.2 Å². The van der Waals surface area contributed by atoms with Gasteiger partial charge >= 0.3 is 6.09 Å². The van der Waals surface area contributed by atoms with Crippen molar-refractivity contribution >= 4 is 23.3 Å². The Kier molecular flexibility index (Phi) is 5.02. The van der Waals surface area contributed by atoms with Crippen molar-refractivity contribution in [3.8, 4) is 0 Å². The molecule has 2 aliphatic heterocycles. The molecule has 7 nitrogen and oxygen atoms in total. The zero-order valence-electron chi connectivity index (χ0n) is 14.1. The number of hydrogen-bond acceptors (Lipinski definition) is 4. The lowest BCUT2D eigenvalue weighted by atomic mass is 9.96. The molecule has 0 fully saturated rings. The van der Waals surface area contributed by atoms with Gasteiger partial charge in [-0.15, -0.1) is 0 Å². The molecule has 7 heteroatoms. The van der Waals surface area contributed by atoms with Crippen LogP contribution in [0.2, 0.25) is 0 Å². The highest BCUT2D eigenvalue weighted by atomic mass is 16.6. The maximum atomic E-state index is 11.0. The molecule has 0 radical (unpaired) electrons. The lowest BCUT2D eigenvalue weighted by Gasteiger charge is -2.23. The Balaban J connectivity index is 1.60. The average Bonchev–Trinajstić information content (AvgIpc) is 3.09. The van der Waals surface area contributed by atoms with Crippen molar-refractivity contribution in [2.75, 3.05) is 19.6 Å². The van der Waals surface area contributed by atoms with E-state index < -0.39 is 6.09 Å². The number of carbonyl (C=O) groups excluding carboxylic acids is 1. The third kappa shape index (κ3) is 4.17. The topological polar surface area (TPSA) is 91.2 Å². The predicted octanol–water partition coefficient (Wildman–Crippen LogP) is 2.08. The fourth-order valence-electron chi connectivity index (χ4n) is 2.95. The third-order valence-corrected chi connectivity index (χ3v) is 4.38. The summed E-state index contributed by atoms with van der Waals surface area (Å²) in [6.45, 7) is 2.88. The van der Waals surface area contributed by atoms with Gasteiger partial charge in [0.15, 0.2) is 0 Å². The molecule has 3 rings (SSSR count). The Morgan fingerprint density at radius 1 is 1.32 bits per heavy atom. The van der Waals surface area contributed by atoms with Gasteiger partial charge in [0.2, 0.25) is 5.91 Å². The first-order chi connectivity index (χ1) is 12.0. The molecule has 25 heavy (non-hydrogen) atoms. The quantitative estimate of drug-likeness (QED) is 0.876. The smallest absolute Gasteiger partial charge is 0.407 e. The van der Waals surface area contributed by atoms with Gasteiger partial charge in [-0.3, -0.25) is 4.79 Å². The molecule has 0 spiro atoms. The molecule has 0 aliphatic carbocycles. The van der Waals surface area contributed by atoms with Crippen LogP contribution in [0.1, 0.15) is 30.9 Å². The molecule has 1 aromatic rings. The second-order valence-electron chi connectivity index (χ2n) is 6.19. The molecule has 2 amide bonds. The molecule has 0 bridgehead atoms.